The zero-order valence-corrected chi connectivity index (χ0v) is 25.9. The summed E-state index contributed by atoms with van der Waals surface area (Å²) in [5.74, 6) is 0. The molecular formula is C34H31N5O2S2. The molecule has 3 aromatic carbocycles. The monoisotopic (exact) mass is 605 g/mol. The molecule has 0 aliphatic carbocycles. The second-order valence-corrected chi connectivity index (χ2v) is 12.3. The Morgan fingerprint density at radius 2 is 1.60 bits per heavy atom. The highest BCUT2D eigenvalue weighted by molar-refractivity contribution is 7.99. The summed E-state index contributed by atoms with van der Waals surface area (Å²) >= 11 is 7.54. The smallest absolute Gasteiger partial charge is 0.269 e. The van der Waals surface area contributed by atoms with E-state index in [-0.39, 0.29) is 22.7 Å². The van der Waals surface area contributed by atoms with Gasteiger partial charge in [0, 0.05) is 50.9 Å². The van der Waals surface area contributed by atoms with Gasteiger partial charge in [0.25, 0.3) is 5.69 Å². The Balaban J connectivity index is 1.39. The van der Waals surface area contributed by atoms with Crippen molar-refractivity contribution < 1.29 is 4.92 Å². The molecule has 2 atom stereocenters. The molecule has 1 aliphatic heterocycles. The van der Waals surface area contributed by atoms with E-state index in [1.54, 1.807) is 23.9 Å². The van der Waals surface area contributed by atoms with Crippen LogP contribution in [0.25, 0.3) is 5.69 Å². The third kappa shape index (κ3) is 5.42. The second-order valence-electron chi connectivity index (χ2n) is 10.7. The number of anilines is 1. The summed E-state index contributed by atoms with van der Waals surface area (Å²) in [5, 5.41) is 15.2. The van der Waals surface area contributed by atoms with Crippen LogP contribution in [-0.4, -0.2) is 19.6 Å². The molecule has 1 saturated heterocycles. The molecule has 1 aliphatic rings. The fraction of sp³-hybridized carbons (Fsp3) is 0.176. The van der Waals surface area contributed by atoms with E-state index >= 15 is 0 Å². The molecule has 2 aromatic heterocycles. The lowest BCUT2D eigenvalue weighted by Crippen LogP contribution is -2.29. The first-order valence-electron chi connectivity index (χ1n) is 14.0. The number of thiocarbonyl (C=S) groups is 1. The molecule has 0 unspecified atom stereocenters. The van der Waals surface area contributed by atoms with E-state index < -0.39 is 0 Å². The number of nitro groups is 1. The van der Waals surface area contributed by atoms with Crippen molar-refractivity contribution >= 4 is 40.5 Å². The van der Waals surface area contributed by atoms with E-state index in [4.69, 9.17) is 17.2 Å². The van der Waals surface area contributed by atoms with E-state index in [1.807, 2.05) is 24.4 Å². The maximum Gasteiger partial charge on any atom is 0.269 e. The first-order valence-corrected chi connectivity index (χ1v) is 15.2. The number of hydrogen-bond donors (Lipinski definition) is 1. The Hall–Kier alpha value is -4.47. The third-order valence-corrected chi connectivity index (χ3v) is 9.43. The minimum absolute atomic E-state index is 0.0835. The number of rotatable bonds is 7. The molecule has 9 heteroatoms. The van der Waals surface area contributed by atoms with E-state index in [0.717, 1.165) is 26.9 Å². The molecule has 0 amide bonds. The molecule has 1 N–H and O–H groups in total. The summed E-state index contributed by atoms with van der Waals surface area (Å²) in [6.45, 7) is 8.66. The van der Waals surface area contributed by atoms with Gasteiger partial charge in [0.05, 0.1) is 22.7 Å². The second kappa shape index (κ2) is 11.7. The van der Waals surface area contributed by atoms with Crippen molar-refractivity contribution in [3.8, 4) is 5.69 Å². The van der Waals surface area contributed by atoms with Crippen LogP contribution in [0.4, 0.5) is 11.4 Å². The van der Waals surface area contributed by atoms with Crippen LogP contribution >= 0.6 is 24.0 Å². The fourth-order valence-corrected chi connectivity index (χ4v) is 6.99. The lowest BCUT2D eigenvalue weighted by Gasteiger charge is -2.28. The first kappa shape index (κ1) is 28.6. The molecular weight excluding hydrogens is 575 g/mol. The van der Waals surface area contributed by atoms with Crippen LogP contribution in [0.5, 0.6) is 0 Å². The lowest BCUT2D eigenvalue weighted by atomic mass is 9.96. The van der Waals surface area contributed by atoms with Crippen LogP contribution in [0.2, 0.25) is 0 Å². The Kier molecular flexibility index (Phi) is 7.77. The number of aromatic nitrogens is 2. The molecule has 1 fully saturated rings. The molecule has 3 heterocycles. The van der Waals surface area contributed by atoms with Gasteiger partial charge in [-0.3, -0.25) is 15.1 Å². The highest BCUT2D eigenvalue weighted by atomic mass is 32.2. The van der Waals surface area contributed by atoms with Crippen molar-refractivity contribution in [1.29, 1.82) is 0 Å². The topological polar surface area (TPSA) is 76.2 Å². The Labute approximate surface area is 260 Å². The van der Waals surface area contributed by atoms with Gasteiger partial charge in [-0.1, -0.05) is 30.0 Å². The highest BCUT2D eigenvalue weighted by Crippen LogP contribution is 2.44. The molecule has 216 valence electrons. The van der Waals surface area contributed by atoms with E-state index in [9.17, 15) is 10.1 Å². The molecule has 0 radical (unpaired) electrons. The molecule has 5 aromatic rings. The Bertz CT molecular complexity index is 1820. The van der Waals surface area contributed by atoms with Gasteiger partial charge in [-0.25, -0.2) is 0 Å². The zero-order chi connectivity index (χ0) is 30.2. The summed E-state index contributed by atoms with van der Waals surface area (Å²) < 4.78 is 2.34. The van der Waals surface area contributed by atoms with Crippen molar-refractivity contribution in [3.05, 3.63) is 141 Å². The Morgan fingerprint density at radius 1 is 0.907 bits per heavy atom. The van der Waals surface area contributed by atoms with E-state index in [1.165, 1.54) is 40.2 Å². The SMILES string of the molecule is Cc1cccc(-n2c(C)cc([C@H]3[C@@H](c4ccccn4)NC(=S)N3c3ccc(Sc4ccc([N+](=O)[O-])cc4)cc3)c2C)c1C. The number of aryl methyl sites for hydroxylation is 2. The van der Waals surface area contributed by atoms with Gasteiger partial charge in [0.2, 0.25) is 0 Å². The molecule has 0 saturated carbocycles. The molecule has 0 bridgehead atoms. The maximum absolute atomic E-state index is 11.0. The highest BCUT2D eigenvalue weighted by Gasteiger charge is 2.42. The maximum atomic E-state index is 11.0. The van der Waals surface area contributed by atoms with Crippen molar-refractivity contribution in [2.75, 3.05) is 4.90 Å². The van der Waals surface area contributed by atoms with Crippen molar-refractivity contribution in [2.45, 2.75) is 49.6 Å². The largest absolute Gasteiger partial charge is 0.351 e. The van der Waals surface area contributed by atoms with Crippen molar-refractivity contribution in [1.82, 2.24) is 14.9 Å². The predicted molar refractivity (Wildman–Crippen MR) is 176 cm³/mol. The summed E-state index contributed by atoms with van der Waals surface area (Å²) in [4.78, 5) is 19.5. The predicted octanol–water partition coefficient (Wildman–Crippen LogP) is 8.34. The van der Waals surface area contributed by atoms with Crippen LogP contribution in [0.15, 0.2) is 107 Å². The van der Waals surface area contributed by atoms with Gasteiger partial charge < -0.3 is 14.8 Å². The van der Waals surface area contributed by atoms with E-state index in [2.05, 4.69) is 91.0 Å². The van der Waals surface area contributed by atoms with Gasteiger partial charge in [-0.15, -0.1) is 0 Å². The minimum atomic E-state index is -0.385. The molecule has 0 spiro atoms. The van der Waals surface area contributed by atoms with Gasteiger partial charge in [0.15, 0.2) is 5.11 Å². The normalized spacial score (nSPS) is 16.4. The Morgan fingerprint density at radius 3 is 2.26 bits per heavy atom. The first-order chi connectivity index (χ1) is 20.7. The number of benzene rings is 3. The number of nitrogens with one attached hydrogen (secondary N) is 1. The number of pyridine rings is 1. The standard InChI is InChI=1S/C34H31N5O2S2/c1-21-8-7-10-31(23(21)3)37-22(2)20-29(24(37)4)33-32(30-9-5-6-19-35-30)36-34(42)38(33)25-11-15-27(16-12-25)43-28-17-13-26(14-18-28)39(40)41/h5-20,32-33H,1-4H3,(H,36,42)/t32-,33+/m1/s1. The number of nitrogens with zero attached hydrogens (tertiary/aromatic N) is 4. The number of nitro benzene ring substituents is 1. The summed E-state index contributed by atoms with van der Waals surface area (Å²) in [5.41, 5.74) is 9.21. The third-order valence-electron chi connectivity index (χ3n) is 8.10. The van der Waals surface area contributed by atoms with Crippen LogP contribution in [0, 0.1) is 37.8 Å². The van der Waals surface area contributed by atoms with Crippen LogP contribution in [0.3, 0.4) is 0 Å². The number of non-ortho nitro benzene ring substituents is 1. The van der Waals surface area contributed by atoms with Gasteiger partial charge in [-0.2, -0.15) is 0 Å². The van der Waals surface area contributed by atoms with Crippen molar-refractivity contribution in [3.63, 3.8) is 0 Å². The quantitative estimate of drug-likeness (QED) is 0.114. The molecule has 7 nitrogen and oxygen atoms in total. The van der Waals surface area contributed by atoms with Gasteiger partial charge in [0.1, 0.15) is 0 Å². The van der Waals surface area contributed by atoms with Crippen LogP contribution in [-0.2, 0) is 0 Å². The van der Waals surface area contributed by atoms with Gasteiger partial charge in [-0.05, 0) is 117 Å². The van der Waals surface area contributed by atoms with Crippen molar-refractivity contribution in [2.24, 2.45) is 0 Å². The van der Waals surface area contributed by atoms with Crippen LogP contribution in [0.1, 0.15) is 45.9 Å². The van der Waals surface area contributed by atoms with Crippen LogP contribution < -0.4 is 10.2 Å². The average molecular weight is 606 g/mol. The zero-order valence-electron chi connectivity index (χ0n) is 24.3. The summed E-state index contributed by atoms with van der Waals surface area (Å²) in [7, 11) is 0. The average Bonchev–Trinajstić information content (AvgIpc) is 3.50. The molecule has 6 rings (SSSR count). The van der Waals surface area contributed by atoms with Gasteiger partial charge >= 0.3 is 0 Å². The molecule has 43 heavy (non-hydrogen) atoms. The minimum Gasteiger partial charge on any atom is -0.351 e. The summed E-state index contributed by atoms with van der Waals surface area (Å²) in [6, 6.07) is 29.3. The fourth-order valence-electron chi connectivity index (χ4n) is 5.83. The van der Waals surface area contributed by atoms with E-state index in [0.29, 0.717) is 5.11 Å². The number of hydrogen-bond acceptors (Lipinski definition) is 5. The summed E-state index contributed by atoms with van der Waals surface area (Å²) in [6.07, 6.45) is 1.82. The lowest BCUT2D eigenvalue weighted by molar-refractivity contribution is -0.384.